The van der Waals surface area contributed by atoms with Gasteiger partial charge in [0.2, 0.25) is 0 Å². The lowest BCUT2D eigenvalue weighted by Crippen LogP contribution is -2.16. The van der Waals surface area contributed by atoms with Crippen LogP contribution in [0.1, 0.15) is 24.5 Å². The summed E-state index contributed by atoms with van der Waals surface area (Å²) in [5, 5.41) is 12.7. The Balaban J connectivity index is 1.69. The number of benzene rings is 2. The molecule has 0 aliphatic rings. The number of phenolic OH excluding ortho intramolecular Hbond substituents is 1. The van der Waals surface area contributed by atoms with Crippen molar-refractivity contribution in [3.8, 4) is 11.5 Å². The smallest absolute Gasteiger partial charge is 0.119 e. The van der Waals surface area contributed by atoms with Crippen LogP contribution >= 0.6 is 0 Å². The fourth-order valence-corrected chi connectivity index (χ4v) is 2.05. The highest BCUT2D eigenvalue weighted by molar-refractivity contribution is 5.27. The monoisotopic (exact) mass is 285 g/mol. The lowest BCUT2D eigenvalue weighted by Gasteiger charge is -2.07. The summed E-state index contributed by atoms with van der Waals surface area (Å²) in [5.41, 5.74) is 2.48. The maximum atomic E-state index is 9.23. The number of phenols is 1. The highest BCUT2D eigenvalue weighted by Gasteiger charge is 1.97. The van der Waals surface area contributed by atoms with Crippen LogP contribution in [0.5, 0.6) is 11.5 Å². The zero-order valence-electron chi connectivity index (χ0n) is 12.5. The molecule has 0 saturated carbocycles. The van der Waals surface area contributed by atoms with Crippen molar-refractivity contribution in [3.63, 3.8) is 0 Å². The third kappa shape index (κ3) is 5.48. The van der Waals surface area contributed by atoms with Crippen molar-refractivity contribution in [2.24, 2.45) is 0 Å². The molecular formula is C18H23NO2. The molecule has 2 N–H and O–H groups in total. The fourth-order valence-electron chi connectivity index (χ4n) is 2.05. The Morgan fingerprint density at radius 2 is 1.62 bits per heavy atom. The SMILES string of the molecule is CCCOc1ccc(CNCCc2ccc(O)cc2)cc1. The molecule has 0 aromatic heterocycles. The average molecular weight is 285 g/mol. The van der Waals surface area contributed by atoms with Gasteiger partial charge >= 0.3 is 0 Å². The van der Waals surface area contributed by atoms with Gasteiger partial charge in [-0.2, -0.15) is 0 Å². The number of rotatable bonds is 8. The first kappa shape index (κ1) is 15.4. The van der Waals surface area contributed by atoms with Crippen molar-refractivity contribution < 1.29 is 9.84 Å². The van der Waals surface area contributed by atoms with Crippen LogP contribution in [0.3, 0.4) is 0 Å². The summed E-state index contributed by atoms with van der Waals surface area (Å²) in [4.78, 5) is 0. The van der Waals surface area contributed by atoms with Crippen molar-refractivity contribution in [2.45, 2.75) is 26.3 Å². The van der Waals surface area contributed by atoms with Crippen LogP contribution in [0.25, 0.3) is 0 Å². The summed E-state index contributed by atoms with van der Waals surface area (Å²) in [7, 11) is 0. The van der Waals surface area contributed by atoms with Gasteiger partial charge in [-0.15, -0.1) is 0 Å². The second-order valence-corrected chi connectivity index (χ2v) is 5.09. The molecule has 2 rings (SSSR count). The van der Waals surface area contributed by atoms with E-state index in [0.717, 1.165) is 38.3 Å². The van der Waals surface area contributed by atoms with Crippen LogP contribution in [-0.4, -0.2) is 18.3 Å². The van der Waals surface area contributed by atoms with E-state index in [-0.39, 0.29) is 0 Å². The number of hydrogen-bond acceptors (Lipinski definition) is 3. The number of aromatic hydroxyl groups is 1. The van der Waals surface area contributed by atoms with Gasteiger partial charge in [0.1, 0.15) is 11.5 Å². The van der Waals surface area contributed by atoms with E-state index in [1.54, 1.807) is 12.1 Å². The summed E-state index contributed by atoms with van der Waals surface area (Å²) in [6.07, 6.45) is 1.98. The van der Waals surface area contributed by atoms with E-state index < -0.39 is 0 Å². The Labute approximate surface area is 126 Å². The van der Waals surface area contributed by atoms with Gasteiger partial charge in [0.05, 0.1) is 6.61 Å². The normalized spacial score (nSPS) is 10.5. The second-order valence-electron chi connectivity index (χ2n) is 5.09. The molecule has 0 bridgehead atoms. The van der Waals surface area contributed by atoms with Crippen LogP contribution < -0.4 is 10.1 Å². The van der Waals surface area contributed by atoms with Crippen molar-refractivity contribution in [1.82, 2.24) is 5.32 Å². The van der Waals surface area contributed by atoms with Crippen molar-refractivity contribution in [2.75, 3.05) is 13.2 Å². The largest absolute Gasteiger partial charge is 0.508 e. The predicted octanol–water partition coefficient (Wildman–Crippen LogP) is 3.51. The summed E-state index contributed by atoms with van der Waals surface area (Å²) in [5.74, 6) is 1.25. The first-order valence-electron chi connectivity index (χ1n) is 7.48. The number of nitrogens with one attached hydrogen (secondary N) is 1. The second kappa shape index (κ2) is 8.32. The standard InChI is InChI=1S/C18H23NO2/c1-2-13-21-18-9-5-16(6-10-18)14-19-12-11-15-3-7-17(20)8-4-15/h3-10,19-20H,2,11-14H2,1H3. The van der Waals surface area contributed by atoms with Gasteiger partial charge in [0, 0.05) is 6.54 Å². The predicted molar refractivity (Wildman–Crippen MR) is 85.7 cm³/mol. The quantitative estimate of drug-likeness (QED) is 0.729. The zero-order chi connectivity index (χ0) is 14.9. The molecule has 0 heterocycles. The minimum Gasteiger partial charge on any atom is -0.508 e. The van der Waals surface area contributed by atoms with Gasteiger partial charge in [-0.3, -0.25) is 0 Å². The minimum absolute atomic E-state index is 0.317. The molecule has 112 valence electrons. The molecule has 0 spiro atoms. The highest BCUT2D eigenvalue weighted by atomic mass is 16.5. The van der Waals surface area contributed by atoms with Crippen LogP contribution in [0.15, 0.2) is 48.5 Å². The molecule has 2 aromatic carbocycles. The van der Waals surface area contributed by atoms with Gasteiger partial charge in [0.15, 0.2) is 0 Å². The molecule has 2 aromatic rings. The van der Waals surface area contributed by atoms with E-state index in [9.17, 15) is 5.11 Å². The average Bonchev–Trinajstić information content (AvgIpc) is 2.52. The maximum Gasteiger partial charge on any atom is 0.119 e. The number of ether oxygens (including phenoxy) is 1. The van der Waals surface area contributed by atoms with Crippen molar-refractivity contribution in [1.29, 1.82) is 0 Å². The molecule has 0 amide bonds. The molecule has 0 aliphatic carbocycles. The minimum atomic E-state index is 0.317. The Hall–Kier alpha value is -2.00. The first-order chi connectivity index (χ1) is 10.3. The van der Waals surface area contributed by atoms with Gasteiger partial charge in [-0.05, 0) is 54.8 Å². The van der Waals surface area contributed by atoms with Gasteiger partial charge in [-0.25, -0.2) is 0 Å². The molecule has 3 heteroatoms. The van der Waals surface area contributed by atoms with Crippen molar-refractivity contribution >= 4 is 0 Å². The molecule has 3 nitrogen and oxygen atoms in total. The molecule has 0 fully saturated rings. The summed E-state index contributed by atoms with van der Waals surface area (Å²) >= 11 is 0. The molecule has 21 heavy (non-hydrogen) atoms. The Morgan fingerprint density at radius 1 is 0.952 bits per heavy atom. The molecule has 0 radical (unpaired) electrons. The van der Waals surface area contributed by atoms with Crippen LogP contribution in [0, 0.1) is 0 Å². The molecule has 0 unspecified atom stereocenters. The zero-order valence-corrected chi connectivity index (χ0v) is 12.5. The Kier molecular flexibility index (Phi) is 6.10. The van der Waals surface area contributed by atoms with Crippen LogP contribution in [-0.2, 0) is 13.0 Å². The maximum absolute atomic E-state index is 9.23. The van der Waals surface area contributed by atoms with E-state index >= 15 is 0 Å². The molecular weight excluding hydrogens is 262 g/mol. The van der Waals surface area contributed by atoms with E-state index in [1.807, 2.05) is 24.3 Å². The summed E-state index contributed by atoms with van der Waals surface area (Å²) < 4.78 is 5.56. The highest BCUT2D eigenvalue weighted by Crippen LogP contribution is 2.12. The van der Waals surface area contributed by atoms with Crippen LogP contribution in [0.4, 0.5) is 0 Å². The third-order valence-electron chi connectivity index (χ3n) is 3.25. The van der Waals surface area contributed by atoms with E-state index in [2.05, 4.69) is 24.4 Å². The van der Waals surface area contributed by atoms with E-state index in [1.165, 1.54) is 11.1 Å². The van der Waals surface area contributed by atoms with E-state index in [0.29, 0.717) is 5.75 Å². The molecule has 0 saturated heterocycles. The lowest BCUT2D eigenvalue weighted by molar-refractivity contribution is 0.317. The summed E-state index contributed by atoms with van der Waals surface area (Å²) in [6.45, 7) is 4.64. The lowest BCUT2D eigenvalue weighted by atomic mass is 10.1. The van der Waals surface area contributed by atoms with Crippen LogP contribution in [0.2, 0.25) is 0 Å². The van der Waals surface area contributed by atoms with Gasteiger partial charge in [-0.1, -0.05) is 31.2 Å². The first-order valence-corrected chi connectivity index (χ1v) is 7.48. The van der Waals surface area contributed by atoms with Gasteiger partial charge < -0.3 is 15.2 Å². The van der Waals surface area contributed by atoms with Gasteiger partial charge in [0.25, 0.3) is 0 Å². The van der Waals surface area contributed by atoms with Crippen molar-refractivity contribution in [3.05, 3.63) is 59.7 Å². The summed E-state index contributed by atoms with van der Waals surface area (Å²) in [6, 6.07) is 15.6. The number of hydrogen-bond donors (Lipinski definition) is 2. The Morgan fingerprint density at radius 3 is 2.29 bits per heavy atom. The fraction of sp³-hybridized carbons (Fsp3) is 0.333. The molecule has 0 atom stereocenters. The molecule has 0 aliphatic heterocycles. The van der Waals surface area contributed by atoms with E-state index in [4.69, 9.17) is 4.74 Å². The Bertz CT molecular complexity index is 520. The topological polar surface area (TPSA) is 41.5 Å². The third-order valence-corrected chi connectivity index (χ3v) is 3.25.